The minimum absolute atomic E-state index is 0.0424. The summed E-state index contributed by atoms with van der Waals surface area (Å²) in [4.78, 5) is 24.6. The Morgan fingerprint density at radius 1 is 1.15 bits per heavy atom. The highest BCUT2D eigenvalue weighted by molar-refractivity contribution is 6.30. The molecule has 0 aliphatic rings. The lowest BCUT2D eigenvalue weighted by atomic mass is 10.2. The Morgan fingerprint density at radius 2 is 1.85 bits per heavy atom. The van der Waals surface area contributed by atoms with Crippen molar-refractivity contribution in [1.82, 2.24) is 9.78 Å². The first-order chi connectivity index (χ1) is 12.9. The number of halogens is 3. The molecule has 0 radical (unpaired) electrons. The molecule has 9 heteroatoms. The number of benzene rings is 2. The van der Waals surface area contributed by atoms with Gasteiger partial charge < -0.3 is 10.1 Å². The topological polar surface area (TPSA) is 73.2 Å². The van der Waals surface area contributed by atoms with Crippen LogP contribution in [0.3, 0.4) is 0 Å². The third kappa shape index (κ3) is 3.95. The fourth-order valence-corrected chi connectivity index (χ4v) is 2.44. The molecule has 3 rings (SSSR count). The Morgan fingerprint density at radius 3 is 2.48 bits per heavy atom. The van der Waals surface area contributed by atoms with Crippen molar-refractivity contribution in [3.8, 4) is 11.6 Å². The van der Waals surface area contributed by atoms with Gasteiger partial charge in [-0.25, -0.2) is 13.5 Å². The van der Waals surface area contributed by atoms with E-state index in [1.165, 1.54) is 43.5 Å². The molecule has 138 valence electrons. The van der Waals surface area contributed by atoms with Crippen molar-refractivity contribution in [3.05, 3.63) is 81.1 Å². The first kappa shape index (κ1) is 18.5. The zero-order valence-electron chi connectivity index (χ0n) is 13.9. The number of hydrogen-bond acceptors (Lipinski definition) is 4. The number of hydrogen-bond donors (Lipinski definition) is 1. The third-order valence-electron chi connectivity index (χ3n) is 3.57. The second-order valence-electron chi connectivity index (χ2n) is 5.37. The first-order valence-corrected chi connectivity index (χ1v) is 7.97. The molecular formula is C18H12ClF2N3O3. The van der Waals surface area contributed by atoms with Crippen LogP contribution in [0, 0.1) is 11.6 Å². The molecule has 0 fully saturated rings. The molecule has 6 nitrogen and oxygen atoms in total. The maximum absolute atomic E-state index is 13.9. The van der Waals surface area contributed by atoms with E-state index in [-0.39, 0.29) is 16.6 Å². The number of aromatic nitrogens is 2. The molecular weight excluding hydrogens is 380 g/mol. The number of nitrogens with one attached hydrogen (secondary N) is 1. The molecule has 0 bridgehead atoms. The third-order valence-corrected chi connectivity index (χ3v) is 3.81. The number of amides is 1. The lowest BCUT2D eigenvalue weighted by Crippen LogP contribution is -2.26. The SMILES string of the molecule is COc1cc(=O)c(C(=O)Nc2ccc(Cl)cc2F)nn1-c1ccc(F)cc1. The molecule has 1 amide bonds. The van der Waals surface area contributed by atoms with Crippen LogP contribution in [-0.4, -0.2) is 22.8 Å². The van der Waals surface area contributed by atoms with Crippen LogP contribution in [0.2, 0.25) is 5.02 Å². The van der Waals surface area contributed by atoms with E-state index in [0.717, 1.165) is 16.8 Å². The largest absolute Gasteiger partial charge is 0.481 e. The number of rotatable bonds is 4. The van der Waals surface area contributed by atoms with E-state index in [1.807, 2.05) is 0 Å². The molecule has 1 heterocycles. The molecule has 2 aromatic carbocycles. The summed E-state index contributed by atoms with van der Waals surface area (Å²) in [6.07, 6.45) is 0. The number of methoxy groups -OCH3 is 1. The molecule has 0 aliphatic heterocycles. The van der Waals surface area contributed by atoms with Gasteiger partial charge in [0, 0.05) is 5.02 Å². The fourth-order valence-electron chi connectivity index (χ4n) is 2.28. The number of carbonyl (C=O) groups excluding carboxylic acids is 1. The second-order valence-corrected chi connectivity index (χ2v) is 5.80. The Kier molecular flexibility index (Phi) is 5.18. The Hall–Kier alpha value is -3.26. The van der Waals surface area contributed by atoms with Crippen molar-refractivity contribution in [2.24, 2.45) is 0 Å². The summed E-state index contributed by atoms with van der Waals surface area (Å²) in [5, 5.41) is 6.41. The number of anilines is 1. The van der Waals surface area contributed by atoms with Crippen molar-refractivity contribution in [1.29, 1.82) is 0 Å². The highest BCUT2D eigenvalue weighted by Gasteiger charge is 2.18. The molecule has 27 heavy (non-hydrogen) atoms. The molecule has 1 aromatic heterocycles. The number of carbonyl (C=O) groups is 1. The average molecular weight is 392 g/mol. The van der Waals surface area contributed by atoms with Gasteiger partial charge in [-0.15, -0.1) is 0 Å². The van der Waals surface area contributed by atoms with Crippen LogP contribution in [0.4, 0.5) is 14.5 Å². The van der Waals surface area contributed by atoms with Crippen LogP contribution in [0.15, 0.2) is 53.3 Å². The van der Waals surface area contributed by atoms with Crippen molar-refractivity contribution >= 4 is 23.2 Å². The van der Waals surface area contributed by atoms with E-state index in [9.17, 15) is 18.4 Å². The van der Waals surface area contributed by atoms with Crippen molar-refractivity contribution in [3.63, 3.8) is 0 Å². The predicted molar refractivity (Wildman–Crippen MR) is 95.7 cm³/mol. The van der Waals surface area contributed by atoms with E-state index < -0.39 is 28.7 Å². The minimum Gasteiger partial charge on any atom is -0.481 e. The quantitative estimate of drug-likeness (QED) is 0.739. The summed E-state index contributed by atoms with van der Waals surface area (Å²) in [6.45, 7) is 0. The van der Waals surface area contributed by atoms with Gasteiger partial charge in [-0.1, -0.05) is 11.6 Å². The summed E-state index contributed by atoms with van der Waals surface area (Å²) in [6, 6.07) is 9.91. The molecule has 0 saturated carbocycles. The Bertz CT molecular complexity index is 1070. The fraction of sp³-hybridized carbons (Fsp3) is 0.0556. The van der Waals surface area contributed by atoms with Gasteiger partial charge in [0.15, 0.2) is 5.69 Å². The van der Waals surface area contributed by atoms with E-state index >= 15 is 0 Å². The first-order valence-electron chi connectivity index (χ1n) is 7.60. The normalized spacial score (nSPS) is 10.5. The summed E-state index contributed by atoms with van der Waals surface area (Å²) in [5.41, 5.74) is -1.01. The summed E-state index contributed by atoms with van der Waals surface area (Å²) in [7, 11) is 1.32. The smallest absolute Gasteiger partial charge is 0.280 e. The summed E-state index contributed by atoms with van der Waals surface area (Å²) in [5.74, 6) is -2.10. The van der Waals surface area contributed by atoms with E-state index in [0.29, 0.717) is 5.69 Å². The van der Waals surface area contributed by atoms with Crippen LogP contribution in [-0.2, 0) is 0 Å². The monoisotopic (exact) mass is 391 g/mol. The molecule has 3 aromatic rings. The predicted octanol–water partition coefficient (Wildman–Crippen LogP) is 3.43. The Labute approximate surface area is 157 Å². The molecule has 0 atom stereocenters. The van der Waals surface area contributed by atoms with Gasteiger partial charge >= 0.3 is 0 Å². The van der Waals surface area contributed by atoms with E-state index in [2.05, 4.69) is 10.4 Å². The van der Waals surface area contributed by atoms with Gasteiger partial charge in [0.1, 0.15) is 11.6 Å². The van der Waals surface area contributed by atoms with Gasteiger partial charge in [-0.05, 0) is 42.5 Å². The highest BCUT2D eigenvalue weighted by Crippen LogP contribution is 2.20. The van der Waals surface area contributed by atoms with E-state index in [1.54, 1.807) is 0 Å². The van der Waals surface area contributed by atoms with Gasteiger partial charge in [0.25, 0.3) is 5.91 Å². The van der Waals surface area contributed by atoms with Gasteiger partial charge in [-0.3, -0.25) is 9.59 Å². The van der Waals surface area contributed by atoms with Gasteiger partial charge in [-0.2, -0.15) is 5.10 Å². The van der Waals surface area contributed by atoms with Crippen LogP contribution in [0.1, 0.15) is 10.5 Å². The maximum Gasteiger partial charge on any atom is 0.280 e. The number of ether oxygens (including phenoxy) is 1. The second kappa shape index (κ2) is 7.55. The van der Waals surface area contributed by atoms with Crippen LogP contribution in [0.5, 0.6) is 5.88 Å². The van der Waals surface area contributed by atoms with Crippen molar-refractivity contribution in [2.75, 3.05) is 12.4 Å². The summed E-state index contributed by atoms with van der Waals surface area (Å²) >= 11 is 5.67. The molecule has 1 N–H and O–H groups in total. The average Bonchev–Trinajstić information content (AvgIpc) is 2.64. The highest BCUT2D eigenvalue weighted by atomic mass is 35.5. The molecule has 0 saturated heterocycles. The minimum atomic E-state index is -0.917. The number of nitrogens with zero attached hydrogens (tertiary/aromatic N) is 2. The van der Waals surface area contributed by atoms with Crippen LogP contribution < -0.4 is 15.5 Å². The molecule has 0 aliphatic carbocycles. The van der Waals surface area contributed by atoms with Gasteiger partial charge in [0.2, 0.25) is 11.3 Å². The zero-order valence-corrected chi connectivity index (χ0v) is 14.6. The molecule has 0 spiro atoms. The van der Waals surface area contributed by atoms with Crippen molar-refractivity contribution in [2.45, 2.75) is 0 Å². The summed E-state index contributed by atoms with van der Waals surface area (Å²) < 4.78 is 33.3. The lowest BCUT2D eigenvalue weighted by molar-refractivity contribution is 0.101. The lowest BCUT2D eigenvalue weighted by Gasteiger charge is -2.12. The van der Waals surface area contributed by atoms with E-state index in [4.69, 9.17) is 16.3 Å². The zero-order chi connectivity index (χ0) is 19.6. The van der Waals surface area contributed by atoms with Gasteiger partial charge in [0.05, 0.1) is 24.6 Å². The van der Waals surface area contributed by atoms with Crippen LogP contribution in [0.25, 0.3) is 5.69 Å². The Balaban J connectivity index is 2.02. The standard InChI is InChI=1S/C18H12ClF2N3O3/c1-27-16-9-15(25)17(23-24(16)12-5-3-11(20)4-6-12)18(26)22-14-7-2-10(19)8-13(14)21/h2-9H,1H3,(H,22,26). The molecule has 0 unspecified atom stereocenters. The van der Waals surface area contributed by atoms with Crippen LogP contribution >= 0.6 is 11.6 Å². The van der Waals surface area contributed by atoms with Crippen molar-refractivity contribution < 1.29 is 18.3 Å². The maximum atomic E-state index is 13.9.